The fourth-order valence-electron chi connectivity index (χ4n) is 1.24. The smallest absolute Gasteiger partial charge is 0.0373 e. The van der Waals surface area contributed by atoms with Crippen LogP contribution in [0.3, 0.4) is 0 Å². The number of fused-ring (bicyclic) bond motifs is 1. The minimum absolute atomic E-state index is 0. The SMILES string of the molecule is C.CC.F.c1ccc2c(c1)CCN2. The molecular weight excluding hydrogens is 165 g/mol. The molecule has 0 aromatic heterocycles. The van der Waals surface area contributed by atoms with E-state index in [-0.39, 0.29) is 12.1 Å². The Kier molecular flexibility index (Phi) is 8.45. The number of para-hydroxylation sites is 1. The Balaban J connectivity index is 0. The van der Waals surface area contributed by atoms with Crippen LogP contribution in [-0.4, -0.2) is 6.54 Å². The summed E-state index contributed by atoms with van der Waals surface area (Å²) in [5.41, 5.74) is 2.77. The average Bonchev–Trinajstić information content (AvgIpc) is 2.55. The molecule has 0 amide bonds. The summed E-state index contributed by atoms with van der Waals surface area (Å²) in [6, 6.07) is 8.46. The highest BCUT2D eigenvalue weighted by atomic mass is 19.0. The first-order valence-electron chi connectivity index (χ1n) is 4.28. The fourth-order valence-corrected chi connectivity index (χ4v) is 1.24. The molecule has 2 rings (SSSR count). The van der Waals surface area contributed by atoms with E-state index in [1.54, 1.807) is 0 Å². The Morgan fingerprint density at radius 3 is 2.38 bits per heavy atom. The Hall–Kier alpha value is -1.05. The van der Waals surface area contributed by atoms with Crippen LogP contribution >= 0.6 is 0 Å². The molecule has 0 fully saturated rings. The van der Waals surface area contributed by atoms with Crippen LogP contribution in [0, 0.1) is 0 Å². The zero-order chi connectivity index (χ0) is 8.10. The van der Waals surface area contributed by atoms with Gasteiger partial charge in [-0.1, -0.05) is 39.5 Å². The predicted molar refractivity (Wildman–Crippen MR) is 59.2 cm³/mol. The molecule has 1 nitrogen and oxygen atoms in total. The molecule has 0 spiro atoms. The van der Waals surface area contributed by atoms with Crippen molar-refractivity contribution in [3.8, 4) is 0 Å². The highest BCUT2D eigenvalue weighted by Crippen LogP contribution is 2.19. The molecular formula is C11H20FN. The summed E-state index contributed by atoms with van der Waals surface area (Å²) in [5, 5.41) is 3.30. The summed E-state index contributed by atoms with van der Waals surface area (Å²) in [6.07, 6.45) is 1.19. The van der Waals surface area contributed by atoms with E-state index in [0.29, 0.717) is 0 Å². The summed E-state index contributed by atoms with van der Waals surface area (Å²) in [6.45, 7) is 5.11. The molecule has 0 radical (unpaired) electrons. The van der Waals surface area contributed by atoms with Gasteiger partial charge in [0.1, 0.15) is 0 Å². The number of nitrogens with one attached hydrogen (secondary N) is 1. The topological polar surface area (TPSA) is 12.0 Å². The van der Waals surface area contributed by atoms with Crippen molar-refractivity contribution in [3.63, 3.8) is 0 Å². The lowest BCUT2D eigenvalue weighted by atomic mass is 10.2. The van der Waals surface area contributed by atoms with Gasteiger partial charge in [0.05, 0.1) is 0 Å². The van der Waals surface area contributed by atoms with Crippen molar-refractivity contribution < 1.29 is 4.70 Å². The number of rotatable bonds is 0. The second-order valence-electron chi connectivity index (χ2n) is 2.33. The van der Waals surface area contributed by atoms with E-state index in [1.807, 2.05) is 13.8 Å². The molecule has 1 aliphatic heterocycles. The van der Waals surface area contributed by atoms with E-state index in [4.69, 9.17) is 0 Å². The van der Waals surface area contributed by atoms with Gasteiger partial charge in [0.25, 0.3) is 0 Å². The minimum Gasteiger partial charge on any atom is -0.384 e. The molecule has 0 unspecified atom stereocenters. The number of hydrogen-bond donors (Lipinski definition) is 1. The lowest BCUT2D eigenvalue weighted by Crippen LogP contribution is -1.90. The van der Waals surface area contributed by atoms with Crippen LogP contribution in [0.25, 0.3) is 0 Å². The molecule has 76 valence electrons. The van der Waals surface area contributed by atoms with Gasteiger partial charge in [-0.05, 0) is 18.1 Å². The van der Waals surface area contributed by atoms with E-state index >= 15 is 0 Å². The Morgan fingerprint density at radius 1 is 1.15 bits per heavy atom. The first-order chi connectivity index (χ1) is 5.47. The Morgan fingerprint density at radius 2 is 1.77 bits per heavy atom. The van der Waals surface area contributed by atoms with Gasteiger partial charge < -0.3 is 5.32 Å². The largest absolute Gasteiger partial charge is 0.384 e. The van der Waals surface area contributed by atoms with Gasteiger partial charge in [-0.2, -0.15) is 0 Å². The second kappa shape index (κ2) is 7.59. The van der Waals surface area contributed by atoms with E-state index in [0.717, 1.165) is 6.54 Å². The number of hydrogen-bond acceptors (Lipinski definition) is 1. The van der Waals surface area contributed by atoms with Gasteiger partial charge >= 0.3 is 0 Å². The van der Waals surface area contributed by atoms with Crippen molar-refractivity contribution in [1.82, 2.24) is 0 Å². The number of benzene rings is 1. The van der Waals surface area contributed by atoms with Crippen LogP contribution in [0.4, 0.5) is 10.4 Å². The maximum atomic E-state index is 3.30. The molecule has 0 bridgehead atoms. The summed E-state index contributed by atoms with van der Waals surface area (Å²) in [7, 11) is 0. The molecule has 1 aromatic rings. The van der Waals surface area contributed by atoms with Crippen molar-refractivity contribution in [2.75, 3.05) is 11.9 Å². The maximum Gasteiger partial charge on any atom is 0.0373 e. The second-order valence-corrected chi connectivity index (χ2v) is 2.33. The van der Waals surface area contributed by atoms with Crippen LogP contribution in [-0.2, 0) is 6.42 Å². The summed E-state index contributed by atoms with van der Waals surface area (Å²) in [5.74, 6) is 0. The van der Waals surface area contributed by atoms with Crippen molar-refractivity contribution in [3.05, 3.63) is 29.8 Å². The normalized spacial score (nSPS) is 10.6. The van der Waals surface area contributed by atoms with Gasteiger partial charge in [0, 0.05) is 12.2 Å². The van der Waals surface area contributed by atoms with Crippen LogP contribution in [0.5, 0.6) is 0 Å². The van der Waals surface area contributed by atoms with Crippen LogP contribution < -0.4 is 5.32 Å². The van der Waals surface area contributed by atoms with Gasteiger partial charge in [0.2, 0.25) is 0 Å². The highest BCUT2D eigenvalue weighted by molar-refractivity contribution is 5.54. The van der Waals surface area contributed by atoms with E-state index in [9.17, 15) is 0 Å². The van der Waals surface area contributed by atoms with Gasteiger partial charge in [-0.3, -0.25) is 4.70 Å². The van der Waals surface area contributed by atoms with E-state index in [1.165, 1.54) is 17.7 Å². The molecule has 0 atom stereocenters. The third-order valence-corrected chi connectivity index (χ3v) is 1.73. The molecule has 0 saturated carbocycles. The number of anilines is 1. The van der Waals surface area contributed by atoms with Crippen LogP contribution in [0.1, 0.15) is 26.8 Å². The van der Waals surface area contributed by atoms with Crippen LogP contribution in [0.15, 0.2) is 24.3 Å². The van der Waals surface area contributed by atoms with Crippen molar-refractivity contribution in [2.45, 2.75) is 27.7 Å². The van der Waals surface area contributed by atoms with Crippen molar-refractivity contribution in [1.29, 1.82) is 0 Å². The van der Waals surface area contributed by atoms with Gasteiger partial charge in [0.15, 0.2) is 0 Å². The third-order valence-electron chi connectivity index (χ3n) is 1.73. The molecule has 0 aliphatic carbocycles. The van der Waals surface area contributed by atoms with E-state index in [2.05, 4.69) is 29.6 Å². The molecule has 1 heterocycles. The molecule has 2 heteroatoms. The van der Waals surface area contributed by atoms with Gasteiger partial charge in [-0.15, -0.1) is 0 Å². The zero-order valence-electron chi connectivity index (χ0n) is 7.63. The lowest BCUT2D eigenvalue weighted by Gasteiger charge is -1.94. The van der Waals surface area contributed by atoms with E-state index < -0.39 is 0 Å². The lowest BCUT2D eigenvalue weighted by molar-refractivity contribution is 1.11. The zero-order valence-corrected chi connectivity index (χ0v) is 7.63. The van der Waals surface area contributed by atoms with Crippen LogP contribution in [0.2, 0.25) is 0 Å². The highest BCUT2D eigenvalue weighted by Gasteiger charge is 2.05. The maximum absolute atomic E-state index is 3.30. The first kappa shape index (κ1) is 14.5. The predicted octanol–water partition coefficient (Wildman–Crippen LogP) is 3.47. The van der Waals surface area contributed by atoms with Crippen molar-refractivity contribution >= 4 is 5.69 Å². The molecule has 13 heavy (non-hydrogen) atoms. The molecule has 0 saturated heterocycles. The monoisotopic (exact) mass is 185 g/mol. The summed E-state index contributed by atoms with van der Waals surface area (Å²) >= 11 is 0. The third kappa shape index (κ3) is 3.45. The minimum atomic E-state index is 0. The summed E-state index contributed by atoms with van der Waals surface area (Å²) in [4.78, 5) is 0. The molecule has 1 N–H and O–H groups in total. The average molecular weight is 185 g/mol. The van der Waals surface area contributed by atoms with Crippen molar-refractivity contribution in [2.24, 2.45) is 0 Å². The summed E-state index contributed by atoms with van der Waals surface area (Å²) < 4.78 is 0. The van der Waals surface area contributed by atoms with Gasteiger partial charge in [-0.25, -0.2) is 0 Å². The Bertz CT molecular complexity index is 200. The molecule has 1 aromatic carbocycles. The first-order valence-corrected chi connectivity index (χ1v) is 4.28. The molecule has 1 aliphatic rings. The number of halogens is 1. The Labute approximate surface area is 80.5 Å². The standard InChI is InChI=1S/C8H9N.C2H6.CH4.FH/c1-2-4-8-7(3-1)5-6-9-8;1-2;;/h1-4,9H,5-6H2;1-2H3;1H4;1H. The fraction of sp³-hybridized carbons (Fsp3) is 0.455. The quantitative estimate of drug-likeness (QED) is 0.652.